The highest BCUT2D eigenvalue weighted by atomic mass is 16.5. The molecule has 1 aromatic carbocycles. The van der Waals surface area contributed by atoms with Crippen LogP contribution in [-0.4, -0.2) is 16.5 Å². The zero-order valence-corrected chi connectivity index (χ0v) is 11.7. The maximum absolute atomic E-state index is 5.79. The van der Waals surface area contributed by atoms with Crippen LogP contribution in [0, 0.1) is 0 Å². The molecule has 104 valence electrons. The van der Waals surface area contributed by atoms with Crippen molar-refractivity contribution in [2.24, 2.45) is 0 Å². The molecule has 4 nitrogen and oxygen atoms in total. The Morgan fingerprint density at radius 3 is 2.85 bits per heavy atom. The van der Waals surface area contributed by atoms with Gasteiger partial charge in [-0.2, -0.15) is 0 Å². The van der Waals surface area contributed by atoms with Crippen LogP contribution in [-0.2, 0) is 19.4 Å². The third-order valence-corrected chi connectivity index (χ3v) is 3.52. The standard InChI is InChI=1S/C16H19N3O/c1-2-17-16-10-18-14(9-19-16)11-20-15-7-6-12-4-3-5-13(12)8-15/h6-10H,2-5,11H2,1H3,(H,17,19). The van der Waals surface area contributed by atoms with Crippen molar-refractivity contribution < 1.29 is 4.74 Å². The van der Waals surface area contributed by atoms with E-state index in [0.29, 0.717) is 6.61 Å². The molecule has 0 aliphatic heterocycles. The second kappa shape index (κ2) is 5.90. The fraction of sp³-hybridized carbons (Fsp3) is 0.375. The van der Waals surface area contributed by atoms with E-state index in [0.717, 1.165) is 23.8 Å². The van der Waals surface area contributed by atoms with Gasteiger partial charge in [0.1, 0.15) is 18.2 Å². The van der Waals surface area contributed by atoms with Crippen molar-refractivity contribution in [1.82, 2.24) is 9.97 Å². The maximum Gasteiger partial charge on any atom is 0.144 e. The summed E-state index contributed by atoms with van der Waals surface area (Å²) in [5, 5.41) is 3.12. The molecule has 20 heavy (non-hydrogen) atoms. The van der Waals surface area contributed by atoms with Gasteiger partial charge < -0.3 is 10.1 Å². The molecule has 0 spiro atoms. The predicted octanol–water partition coefficient (Wildman–Crippen LogP) is 2.98. The summed E-state index contributed by atoms with van der Waals surface area (Å²) in [6.07, 6.45) is 7.13. The number of nitrogens with one attached hydrogen (secondary N) is 1. The van der Waals surface area contributed by atoms with Crippen molar-refractivity contribution in [1.29, 1.82) is 0 Å². The Balaban J connectivity index is 1.61. The number of hydrogen-bond acceptors (Lipinski definition) is 4. The SMILES string of the molecule is CCNc1cnc(COc2ccc3c(c2)CCC3)cn1. The topological polar surface area (TPSA) is 47.0 Å². The minimum Gasteiger partial charge on any atom is -0.487 e. The number of fused-ring (bicyclic) bond motifs is 1. The minimum absolute atomic E-state index is 0.457. The second-order valence-corrected chi connectivity index (χ2v) is 5.00. The Morgan fingerprint density at radius 1 is 1.15 bits per heavy atom. The molecule has 0 unspecified atom stereocenters. The van der Waals surface area contributed by atoms with Gasteiger partial charge in [0.15, 0.2) is 0 Å². The normalized spacial score (nSPS) is 13.1. The number of hydrogen-bond donors (Lipinski definition) is 1. The zero-order valence-electron chi connectivity index (χ0n) is 11.7. The molecule has 0 radical (unpaired) electrons. The summed E-state index contributed by atoms with van der Waals surface area (Å²) >= 11 is 0. The molecule has 1 aliphatic rings. The molecule has 0 amide bonds. The van der Waals surface area contributed by atoms with E-state index in [-0.39, 0.29) is 0 Å². The highest BCUT2D eigenvalue weighted by Gasteiger charge is 2.11. The molecule has 3 rings (SSSR count). The van der Waals surface area contributed by atoms with Gasteiger partial charge in [0.2, 0.25) is 0 Å². The van der Waals surface area contributed by atoms with Crippen LogP contribution in [0.5, 0.6) is 5.75 Å². The van der Waals surface area contributed by atoms with E-state index in [4.69, 9.17) is 4.74 Å². The lowest BCUT2D eigenvalue weighted by Crippen LogP contribution is -2.03. The number of benzene rings is 1. The van der Waals surface area contributed by atoms with Gasteiger partial charge in [0.05, 0.1) is 18.1 Å². The zero-order chi connectivity index (χ0) is 13.8. The first-order chi connectivity index (χ1) is 9.85. The Morgan fingerprint density at radius 2 is 2.05 bits per heavy atom. The highest BCUT2D eigenvalue weighted by Crippen LogP contribution is 2.26. The number of aromatic nitrogens is 2. The van der Waals surface area contributed by atoms with Crippen molar-refractivity contribution in [2.45, 2.75) is 32.8 Å². The fourth-order valence-corrected chi connectivity index (χ4v) is 2.50. The van der Waals surface area contributed by atoms with Crippen molar-refractivity contribution in [2.75, 3.05) is 11.9 Å². The Bertz CT molecular complexity index is 581. The van der Waals surface area contributed by atoms with Crippen LogP contribution < -0.4 is 10.1 Å². The van der Waals surface area contributed by atoms with Gasteiger partial charge in [-0.25, -0.2) is 4.98 Å². The Labute approximate surface area is 119 Å². The monoisotopic (exact) mass is 269 g/mol. The first-order valence-corrected chi connectivity index (χ1v) is 7.14. The van der Waals surface area contributed by atoms with Gasteiger partial charge in [0, 0.05) is 6.54 Å². The summed E-state index contributed by atoms with van der Waals surface area (Å²) in [4.78, 5) is 8.62. The van der Waals surface area contributed by atoms with E-state index in [1.165, 1.54) is 30.4 Å². The van der Waals surface area contributed by atoms with Crippen LogP contribution in [0.1, 0.15) is 30.2 Å². The van der Waals surface area contributed by atoms with E-state index >= 15 is 0 Å². The summed E-state index contributed by atoms with van der Waals surface area (Å²) in [5.74, 6) is 1.72. The van der Waals surface area contributed by atoms with Gasteiger partial charge in [0.25, 0.3) is 0 Å². The molecule has 1 aromatic heterocycles. The van der Waals surface area contributed by atoms with Crippen molar-refractivity contribution >= 4 is 5.82 Å². The molecule has 0 saturated carbocycles. The number of ether oxygens (including phenoxy) is 1. The van der Waals surface area contributed by atoms with Gasteiger partial charge in [-0.1, -0.05) is 6.07 Å². The first-order valence-electron chi connectivity index (χ1n) is 7.14. The van der Waals surface area contributed by atoms with Gasteiger partial charge in [-0.05, 0) is 49.4 Å². The largest absolute Gasteiger partial charge is 0.487 e. The highest BCUT2D eigenvalue weighted by molar-refractivity contribution is 5.38. The number of rotatable bonds is 5. The van der Waals surface area contributed by atoms with Crippen molar-refractivity contribution in [3.05, 3.63) is 47.4 Å². The van der Waals surface area contributed by atoms with E-state index in [1.807, 2.05) is 13.0 Å². The predicted molar refractivity (Wildman–Crippen MR) is 79.0 cm³/mol. The summed E-state index contributed by atoms with van der Waals surface area (Å²) in [7, 11) is 0. The quantitative estimate of drug-likeness (QED) is 0.906. The Kier molecular flexibility index (Phi) is 3.81. The van der Waals surface area contributed by atoms with Crippen molar-refractivity contribution in [3.8, 4) is 5.75 Å². The molecular formula is C16H19N3O. The smallest absolute Gasteiger partial charge is 0.144 e. The first kappa shape index (κ1) is 12.9. The molecule has 0 saturated heterocycles. The molecule has 1 aliphatic carbocycles. The summed E-state index contributed by atoms with van der Waals surface area (Å²) in [5.41, 5.74) is 3.73. The molecule has 1 heterocycles. The van der Waals surface area contributed by atoms with Crippen LogP contribution in [0.25, 0.3) is 0 Å². The molecule has 4 heteroatoms. The van der Waals surface area contributed by atoms with Crippen LogP contribution in [0.2, 0.25) is 0 Å². The molecule has 0 bridgehead atoms. The molecule has 0 fully saturated rings. The van der Waals surface area contributed by atoms with Crippen LogP contribution in [0.4, 0.5) is 5.82 Å². The van der Waals surface area contributed by atoms with Crippen LogP contribution in [0.15, 0.2) is 30.6 Å². The third kappa shape index (κ3) is 2.90. The van der Waals surface area contributed by atoms with E-state index in [9.17, 15) is 0 Å². The van der Waals surface area contributed by atoms with Crippen LogP contribution in [0.3, 0.4) is 0 Å². The third-order valence-electron chi connectivity index (χ3n) is 3.52. The maximum atomic E-state index is 5.79. The van der Waals surface area contributed by atoms with Gasteiger partial charge in [-0.3, -0.25) is 4.98 Å². The average Bonchev–Trinajstić information content (AvgIpc) is 2.94. The minimum atomic E-state index is 0.457. The lowest BCUT2D eigenvalue weighted by atomic mass is 10.1. The van der Waals surface area contributed by atoms with E-state index < -0.39 is 0 Å². The van der Waals surface area contributed by atoms with E-state index in [1.54, 1.807) is 12.4 Å². The summed E-state index contributed by atoms with van der Waals surface area (Å²) in [6, 6.07) is 6.38. The fourth-order valence-electron chi connectivity index (χ4n) is 2.50. The molecule has 1 N–H and O–H groups in total. The van der Waals surface area contributed by atoms with Gasteiger partial charge >= 0.3 is 0 Å². The number of nitrogens with zero attached hydrogens (tertiary/aromatic N) is 2. The number of aryl methyl sites for hydroxylation is 2. The summed E-state index contributed by atoms with van der Waals surface area (Å²) in [6.45, 7) is 3.34. The molecule has 2 aromatic rings. The lowest BCUT2D eigenvalue weighted by Gasteiger charge is -2.08. The second-order valence-electron chi connectivity index (χ2n) is 5.00. The lowest BCUT2D eigenvalue weighted by molar-refractivity contribution is 0.300. The van der Waals surface area contributed by atoms with Crippen molar-refractivity contribution in [3.63, 3.8) is 0 Å². The summed E-state index contributed by atoms with van der Waals surface area (Å²) < 4.78 is 5.79. The average molecular weight is 269 g/mol. The van der Waals surface area contributed by atoms with Crippen LogP contribution >= 0.6 is 0 Å². The molecule has 0 atom stereocenters. The van der Waals surface area contributed by atoms with Gasteiger partial charge in [-0.15, -0.1) is 0 Å². The molecular weight excluding hydrogens is 250 g/mol. The van der Waals surface area contributed by atoms with E-state index in [2.05, 4.69) is 27.4 Å². The number of anilines is 1. The Hall–Kier alpha value is -2.10.